The van der Waals surface area contributed by atoms with Crippen molar-refractivity contribution in [1.29, 1.82) is 0 Å². The highest BCUT2D eigenvalue weighted by Gasteiger charge is 2.47. The standard InChI is InChI=1S/C33H45FN4O4Si/c1-23-32(41-2)26-20-25(38-18-11-6-5-10-14-31(38)40)15-16-29(26)42-33(23)30(43(3,4)34)17-19-37-21-28(35-36-37)27(22-39)24-12-8-7-9-13-24/h7-9,12-13,15-16,20-21,23,27,30,32-33,39H,5-6,10-11,14,17-19,22H2,1-4H3/t23-,27?,30?,32-,33-/m1/s1. The summed E-state index contributed by atoms with van der Waals surface area (Å²) in [7, 11) is -1.51. The largest absolute Gasteiger partial charge is 0.490 e. The van der Waals surface area contributed by atoms with Crippen LogP contribution in [0.4, 0.5) is 9.80 Å². The van der Waals surface area contributed by atoms with Gasteiger partial charge in [0.25, 0.3) is 0 Å². The zero-order valence-corrected chi connectivity index (χ0v) is 26.8. The third-order valence-electron chi connectivity index (χ3n) is 9.19. The number of halogens is 1. The maximum absolute atomic E-state index is 16.0. The van der Waals surface area contributed by atoms with Gasteiger partial charge in [0, 0.05) is 55.5 Å². The lowest BCUT2D eigenvalue weighted by Gasteiger charge is -2.43. The molecule has 1 saturated heterocycles. The smallest absolute Gasteiger partial charge is 0.247 e. The highest BCUT2D eigenvalue weighted by Crippen LogP contribution is 2.48. The molecular formula is C33H45FN4O4Si. The second-order valence-electron chi connectivity index (χ2n) is 12.5. The highest BCUT2D eigenvalue weighted by molar-refractivity contribution is 6.72. The Bertz CT molecular complexity index is 1360. The van der Waals surface area contributed by atoms with Gasteiger partial charge in [-0.05, 0) is 56.1 Å². The number of anilines is 1. The number of carbonyl (C=O) groups excluding carboxylic acids is 1. The van der Waals surface area contributed by atoms with Crippen LogP contribution in [-0.2, 0) is 16.1 Å². The summed E-state index contributed by atoms with van der Waals surface area (Å²) in [4.78, 5) is 14.8. The monoisotopic (exact) mass is 608 g/mol. The van der Waals surface area contributed by atoms with Gasteiger partial charge in [-0.1, -0.05) is 55.3 Å². The normalized spacial score (nSPS) is 22.7. The lowest BCUT2D eigenvalue weighted by atomic mass is 9.86. The molecule has 0 aliphatic carbocycles. The Morgan fingerprint density at radius 1 is 1.14 bits per heavy atom. The molecule has 232 valence electrons. The Balaban J connectivity index is 1.35. The van der Waals surface area contributed by atoms with E-state index in [-0.39, 0.29) is 42.1 Å². The molecular weight excluding hydrogens is 563 g/mol. The number of benzene rings is 2. The minimum atomic E-state index is -3.20. The molecule has 1 amide bonds. The maximum atomic E-state index is 16.0. The third-order valence-corrected chi connectivity index (χ3v) is 11.6. The van der Waals surface area contributed by atoms with Crippen LogP contribution in [0.25, 0.3) is 0 Å². The van der Waals surface area contributed by atoms with Gasteiger partial charge in [-0.2, -0.15) is 0 Å². The molecule has 1 fully saturated rings. The number of rotatable bonds is 10. The summed E-state index contributed by atoms with van der Waals surface area (Å²) in [5.74, 6) is 0.480. The molecule has 2 aliphatic rings. The van der Waals surface area contributed by atoms with E-state index in [1.807, 2.05) is 59.6 Å². The summed E-state index contributed by atoms with van der Waals surface area (Å²) in [5, 5.41) is 18.7. The first kappa shape index (κ1) is 31.3. The summed E-state index contributed by atoms with van der Waals surface area (Å²) in [6.07, 6.45) is 6.44. The Morgan fingerprint density at radius 2 is 1.91 bits per heavy atom. The number of aryl methyl sites for hydroxylation is 1. The van der Waals surface area contributed by atoms with E-state index in [0.717, 1.165) is 42.5 Å². The van der Waals surface area contributed by atoms with Crippen LogP contribution >= 0.6 is 0 Å². The van der Waals surface area contributed by atoms with Crippen LogP contribution in [0.5, 0.6) is 5.75 Å². The summed E-state index contributed by atoms with van der Waals surface area (Å²) in [5.41, 5.74) is 3.12. The molecule has 2 aromatic carbocycles. The number of carbonyl (C=O) groups is 1. The molecule has 0 spiro atoms. The molecule has 2 aliphatic heterocycles. The van der Waals surface area contributed by atoms with Crippen molar-refractivity contribution in [2.24, 2.45) is 5.92 Å². The van der Waals surface area contributed by atoms with E-state index in [1.54, 1.807) is 24.9 Å². The minimum absolute atomic E-state index is 0.0748. The van der Waals surface area contributed by atoms with Crippen LogP contribution in [0.3, 0.4) is 0 Å². The molecule has 8 nitrogen and oxygen atoms in total. The first-order valence-electron chi connectivity index (χ1n) is 15.6. The average molecular weight is 609 g/mol. The number of aliphatic hydroxyl groups excluding tert-OH is 1. The van der Waals surface area contributed by atoms with E-state index in [9.17, 15) is 9.90 Å². The van der Waals surface area contributed by atoms with E-state index in [4.69, 9.17) is 9.47 Å². The number of hydrogen-bond donors (Lipinski definition) is 1. The van der Waals surface area contributed by atoms with E-state index in [0.29, 0.717) is 37.4 Å². The number of ether oxygens (including phenoxy) is 2. The Labute approximate surface area is 255 Å². The second kappa shape index (κ2) is 13.7. The molecule has 1 N–H and O–H groups in total. The van der Waals surface area contributed by atoms with E-state index >= 15 is 4.11 Å². The number of amides is 1. The number of aliphatic hydroxyl groups is 1. The van der Waals surface area contributed by atoms with Gasteiger partial charge in [0.1, 0.15) is 11.9 Å². The fraction of sp³-hybridized carbons (Fsp3) is 0.545. The minimum Gasteiger partial charge on any atom is -0.490 e. The van der Waals surface area contributed by atoms with Crippen LogP contribution in [0.2, 0.25) is 18.6 Å². The average Bonchev–Trinajstić information content (AvgIpc) is 3.44. The fourth-order valence-corrected chi connectivity index (χ4v) is 8.74. The molecule has 0 saturated carbocycles. The van der Waals surface area contributed by atoms with Gasteiger partial charge in [-0.3, -0.25) is 9.48 Å². The van der Waals surface area contributed by atoms with E-state index < -0.39 is 8.41 Å². The number of fused-ring (bicyclic) bond motifs is 1. The number of aromatic nitrogens is 3. The topological polar surface area (TPSA) is 89.7 Å². The molecule has 43 heavy (non-hydrogen) atoms. The summed E-state index contributed by atoms with van der Waals surface area (Å²) in [6, 6.07) is 15.7. The molecule has 3 heterocycles. The molecule has 2 unspecified atom stereocenters. The predicted octanol–water partition coefficient (Wildman–Crippen LogP) is 6.42. The zero-order valence-electron chi connectivity index (χ0n) is 25.8. The first-order valence-corrected chi connectivity index (χ1v) is 18.5. The van der Waals surface area contributed by atoms with Crippen molar-refractivity contribution in [2.75, 3.05) is 25.2 Å². The molecule has 0 radical (unpaired) electrons. The molecule has 10 heteroatoms. The van der Waals surface area contributed by atoms with Crippen molar-refractivity contribution >= 4 is 20.0 Å². The summed E-state index contributed by atoms with van der Waals surface area (Å²) in [6.45, 7) is 6.68. The molecule has 5 rings (SSSR count). The van der Waals surface area contributed by atoms with Gasteiger partial charge in [0.15, 0.2) is 0 Å². The number of hydrogen-bond acceptors (Lipinski definition) is 6. The van der Waals surface area contributed by atoms with Gasteiger partial charge >= 0.3 is 0 Å². The lowest BCUT2D eigenvalue weighted by molar-refractivity contribution is -0.118. The van der Waals surface area contributed by atoms with Crippen LogP contribution in [0.15, 0.2) is 54.7 Å². The molecule has 5 atom stereocenters. The van der Waals surface area contributed by atoms with Gasteiger partial charge in [-0.25, -0.2) is 0 Å². The van der Waals surface area contributed by atoms with Crippen molar-refractivity contribution in [3.05, 3.63) is 71.5 Å². The van der Waals surface area contributed by atoms with Crippen molar-refractivity contribution in [3.63, 3.8) is 0 Å². The first-order chi connectivity index (χ1) is 20.7. The van der Waals surface area contributed by atoms with Crippen molar-refractivity contribution < 1.29 is 23.5 Å². The summed E-state index contributed by atoms with van der Waals surface area (Å²) < 4.78 is 30.5. The van der Waals surface area contributed by atoms with E-state index in [2.05, 4.69) is 17.2 Å². The Morgan fingerprint density at radius 3 is 2.63 bits per heavy atom. The highest BCUT2D eigenvalue weighted by atomic mass is 28.4. The van der Waals surface area contributed by atoms with Crippen molar-refractivity contribution in [1.82, 2.24) is 15.0 Å². The van der Waals surface area contributed by atoms with Gasteiger partial charge in [-0.15, -0.1) is 5.10 Å². The Kier molecular flexibility index (Phi) is 9.98. The third kappa shape index (κ3) is 7.02. The predicted molar refractivity (Wildman–Crippen MR) is 168 cm³/mol. The maximum Gasteiger partial charge on any atom is 0.247 e. The quantitative estimate of drug-likeness (QED) is 0.211. The molecule has 3 aromatic rings. The van der Waals surface area contributed by atoms with Crippen molar-refractivity contribution in [3.8, 4) is 5.75 Å². The second-order valence-corrected chi connectivity index (χ2v) is 16.4. The number of methoxy groups -OCH3 is 1. The Hall–Kier alpha value is -3.08. The fourth-order valence-electron chi connectivity index (χ4n) is 6.77. The van der Waals surface area contributed by atoms with Gasteiger partial charge < -0.3 is 23.6 Å². The molecule has 1 aromatic heterocycles. The van der Waals surface area contributed by atoms with Crippen LogP contribution in [0, 0.1) is 5.92 Å². The van der Waals surface area contributed by atoms with Crippen LogP contribution in [0.1, 0.15) is 74.3 Å². The zero-order chi connectivity index (χ0) is 30.6. The lowest BCUT2D eigenvalue weighted by Crippen LogP contribution is -2.46. The van der Waals surface area contributed by atoms with Crippen LogP contribution in [-0.4, -0.2) is 60.8 Å². The van der Waals surface area contributed by atoms with Crippen LogP contribution < -0.4 is 9.64 Å². The van der Waals surface area contributed by atoms with Crippen molar-refractivity contribution in [2.45, 2.75) is 88.8 Å². The summed E-state index contributed by atoms with van der Waals surface area (Å²) >= 11 is 0. The van der Waals surface area contributed by atoms with E-state index in [1.165, 1.54) is 0 Å². The van der Waals surface area contributed by atoms with Gasteiger partial charge in [0.2, 0.25) is 14.3 Å². The SMILES string of the molecule is CO[C@H]1c2cc(N3CCCCCCC3=O)ccc2O[C@@H](C(CCn2cc(C(CO)c3ccccc3)nn2)[Si](C)(C)F)[C@@H]1C. The number of nitrogens with zero attached hydrogens (tertiary/aromatic N) is 4. The molecule has 0 bridgehead atoms. The van der Waals surface area contributed by atoms with Gasteiger partial charge in [0.05, 0.1) is 24.3 Å².